The zero-order valence-corrected chi connectivity index (χ0v) is 15.4. The van der Waals surface area contributed by atoms with E-state index in [4.69, 9.17) is 5.11 Å². The van der Waals surface area contributed by atoms with Crippen molar-refractivity contribution in [2.45, 2.75) is 38.5 Å². The van der Waals surface area contributed by atoms with E-state index in [1.54, 1.807) is 6.07 Å². The molecule has 134 valence electrons. The minimum absolute atomic E-state index is 0.0887. The van der Waals surface area contributed by atoms with Crippen LogP contribution in [0.15, 0.2) is 23.1 Å². The molecule has 0 atom stereocenters. The van der Waals surface area contributed by atoms with Crippen LogP contribution >= 0.6 is 0 Å². The third-order valence-corrected chi connectivity index (χ3v) is 4.70. The van der Waals surface area contributed by atoms with Gasteiger partial charge in [0.25, 0.3) is 5.91 Å². The monoisotopic (exact) mass is 355 g/mol. The van der Waals surface area contributed by atoms with Gasteiger partial charge >= 0.3 is 5.97 Å². The second kappa shape index (κ2) is 8.28. The molecule has 0 heterocycles. The van der Waals surface area contributed by atoms with Crippen LogP contribution in [0, 0.1) is 5.92 Å². The Balaban J connectivity index is 3.26. The van der Waals surface area contributed by atoms with E-state index in [1.165, 1.54) is 17.0 Å². The van der Waals surface area contributed by atoms with E-state index in [0.29, 0.717) is 18.5 Å². The molecule has 1 aromatic rings. The molecule has 1 amide bonds. The van der Waals surface area contributed by atoms with Crippen LogP contribution in [0.1, 0.15) is 43.1 Å². The molecule has 0 radical (unpaired) electrons. The number of nitrogens with zero attached hydrogens (tertiary/aromatic N) is 1. The Kier molecular flexibility index (Phi) is 6.95. The van der Waals surface area contributed by atoms with Crippen molar-refractivity contribution in [1.29, 1.82) is 0 Å². The topological polar surface area (TPSA) is 91.8 Å². The summed E-state index contributed by atoms with van der Waals surface area (Å²) in [7, 11) is -3.42. The van der Waals surface area contributed by atoms with Crippen molar-refractivity contribution in [2.24, 2.45) is 5.92 Å². The van der Waals surface area contributed by atoms with Crippen molar-refractivity contribution >= 4 is 21.7 Å². The smallest absolute Gasteiger partial charge is 0.305 e. The van der Waals surface area contributed by atoms with E-state index in [9.17, 15) is 18.0 Å². The van der Waals surface area contributed by atoms with Crippen LogP contribution in [0.3, 0.4) is 0 Å². The first-order chi connectivity index (χ1) is 11.1. The zero-order chi connectivity index (χ0) is 18.5. The molecule has 0 saturated carbocycles. The second-order valence-electron chi connectivity index (χ2n) is 6.23. The van der Waals surface area contributed by atoms with E-state index in [0.717, 1.165) is 11.8 Å². The molecule has 1 N–H and O–H groups in total. The number of carboxylic acids is 1. The van der Waals surface area contributed by atoms with Crippen LogP contribution in [-0.4, -0.2) is 49.6 Å². The van der Waals surface area contributed by atoms with Crippen molar-refractivity contribution < 1.29 is 23.1 Å². The molecule has 0 aliphatic rings. The Morgan fingerprint density at radius 3 is 2.33 bits per heavy atom. The molecule has 0 aromatic heterocycles. The number of rotatable bonds is 8. The highest BCUT2D eigenvalue weighted by Crippen LogP contribution is 2.19. The lowest BCUT2D eigenvalue weighted by Crippen LogP contribution is -2.36. The van der Waals surface area contributed by atoms with Gasteiger partial charge in [0.1, 0.15) is 0 Å². The molecule has 0 aliphatic carbocycles. The molecule has 1 aromatic carbocycles. The predicted octanol–water partition coefficient (Wildman–Crippen LogP) is 2.23. The highest BCUT2D eigenvalue weighted by molar-refractivity contribution is 7.90. The lowest BCUT2D eigenvalue weighted by Gasteiger charge is -2.25. The van der Waals surface area contributed by atoms with Gasteiger partial charge in [-0.25, -0.2) is 8.42 Å². The molecule has 0 unspecified atom stereocenters. The number of benzene rings is 1. The lowest BCUT2D eigenvalue weighted by atomic mass is 10.0. The van der Waals surface area contributed by atoms with Crippen LogP contribution in [0.2, 0.25) is 0 Å². The molecule has 24 heavy (non-hydrogen) atoms. The molecule has 0 spiro atoms. The summed E-state index contributed by atoms with van der Waals surface area (Å²) in [6.07, 6.45) is 1.53. The van der Waals surface area contributed by atoms with Crippen molar-refractivity contribution in [3.8, 4) is 0 Å². The van der Waals surface area contributed by atoms with E-state index < -0.39 is 15.8 Å². The number of carbonyl (C=O) groups is 2. The molecule has 0 saturated heterocycles. The van der Waals surface area contributed by atoms with Gasteiger partial charge in [-0.15, -0.1) is 0 Å². The summed E-state index contributed by atoms with van der Waals surface area (Å²) in [6, 6.07) is 4.54. The number of aryl methyl sites for hydroxylation is 1. The fourth-order valence-electron chi connectivity index (χ4n) is 2.41. The van der Waals surface area contributed by atoms with Gasteiger partial charge in [-0.3, -0.25) is 9.59 Å². The molecule has 1 rings (SSSR count). The SMILES string of the molecule is CCc1ccc(S(C)(=O)=O)cc1C(=O)N(CCC(=O)O)CC(C)C. The normalized spacial score (nSPS) is 11.5. The highest BCUT2D eigenvalue weighted by Gasteiger charge is 2.22. The Morgan fingerprint density at radius 1 is 1.25 bits per heavy atom. The van der Waals surface area contributed by atoms with E-state index in [1.807, 2.05) is 20.8 Å². The van der Waals surface area contributed by atoms with Crippen LogP contribution in [0.5, 0.6) is 0 Å². The summed E-state index contributed by atoms with van der Waals surface area (Å²) in [5, 5.41) is 8.88. The third kappa shape index (κ3) is 5.63. The first-order valence-corrected chi connectivity index (χ1v) is 9.79. The van der Waals surface area contributed by atoms with Crippen LogP contribution < -0.4 is 0 Å². The van der Waals surface area contributed by atoms with Gasteiger partial charge < -0.3 is 10.0 Å². The summed E-state index contributed by atoms with van der Waals surface area (Å²) in [6.45, 7) is 6.27. The van der Waals surface area contributed by atoms with Crippen molar-refractivity contribution in [1.82, 2.24) is 4.90 Å². The maximum Gasteiger partial charge on any atom is 0.305 e. The number of hydrogen-bond donors (Lipinski definition) is 1. The molecule has 0 fully saturated rings. The molecule has 6 nitrogen and oxygen atoms in total. The van der Waals surface area contributed by atoms with Gasteiger partial charge in [0.2, 0.25) is 0 Å². The third-order valence-electron chi connectivity index (χ3n) is 3.59. The first kappa shape index (κ1) is 20.2. The fraction of sp³-hybridized carbons (Fsp3) is 0.529. The van der Waals surface area contributed by atoms with Crippen molar-refractivity contribution in [3.63, 3.8) is 0 Å². The quantitative estimate of drug-likeness (QED) is 0.772. The largest absolute Gasteiger partial charge is 0.481 e. The number of sulfone groups is 1. The van der Waals surface area contributed by atoms with Crippen LogP contribution in [-0.2, 0) is 21.1 Å². The maximum atomic E-state index is 12.9. The molecular formula is C17H25NO5S. The van der Waals surface area contributed by atoms with E-state index in [2.05, 4.69) is 0 Å². The van der Waals surface area contributed by atoms with Gasteiger partial charge in [-0.2, -0.15) is 0 Å². The molecule has 7 heteroatoms. The Labute approximate surface area is 143 Å². The maximum absolute atomic E-state index is 12.9. The summed E-state index contributed by atoms with van der Waals surface area (Å²) in [5.74, 6) is -1.13. The number of amides is 1. The van der Waals surface area contributed by atoms with Crippen LogP contribution in [0.4, 0.5) is 0 Å². The fourth-order valence-corrected chi connectivity index (χ4v) is 3.06. The summed E-state index contributed by atoms with van der Waals surface area (Å²) in [5.41, 5.74) is 1.07. The zero-order valence-electron chi connectivity index (χ0n) is 14.6. The number of carboxylic acid groups (broad SMARTS) is 1. The first-order valence-electron chi connectivity index (χ1n) is 7.90. The highest BCUT2D eigenvalue weighted by atomic mass is 32.2. The summed E-state index contributed by atoms with van der Waals surface area (Å²) < 4.78 is 23.5. The second-order valence-corrected chi connectivity index (χ2v) is 8.25. The molecular weight excluding hydrogens is 330 g/mol. The van der Waals surface area contributed by atoms with Crippen LogP contribution in [0.25, 0.3) is 0 Å². The number of carbonyl (C=O) groups excluding carboxylic acids is 1. The Bertz CT molecular complexity index is 710. The molecule has 0 aliphatic heterocycles. The minimum Gasteiger partial charge on any atom is -0.481 e. The standard InChI is InChI=1S/C17H25NO5S/c1-5-13-6-7-14(24(4,22)23)10-15(13)17(21)18(11-12(2)3)9-8-16(19)20/h6-7,10,12H,5,8-9,11H2,1-4H3,(H,19,20). The van der Waals surface area contributed by atoms with Gasteiger partial charge in [0.15, 0.2) is 9.84 Å². The minimum atomic E-state index is -3.42. The van der Waals surface area contributed by atoms with Gasteiger partial charge in [0, 0.05) is 24.9 Å². The number of hydrogen-bond acceptors (Lipinski definition) is 4. The summed E-state index contributed by atoms with van der Waals surface area (Å²) in [4.78, 5) is 25.3. The van der Waals surface area contributed by atoms with Crippen molar-refractivity contribution in [3.05, 3.63) is 29.3 Å². The number of aliphatic carboxylic acids is 1. The van der Waals surface area contributed by atoms with E-state index >= 15 is 0 Å². The average Bonchev–Trinajstić information content (AvgIpc) is 2.48. The lowest BCUT2D eigenvalue weighted by molar-refractivity contribution is -0.137. The Morgan fingerprint density at radius 2 is 1.88 bits per heavy atom. The van der Waals surface area contributed by atoms with Crippen molar-refractivity contribution in [2.75, 3.05) is 19.3 Å². The van der Waals surface area contributed by atoms with Gasteiger partial charge in [-0.1, -0.05) is 26.8 Å². The Hall–Kier alpha value is -1.89. The van der Waals surface area contributed by atoms with Gasteiger partial charge in [-0.05, 0) is 30.0 Å². The summed E-state index contributed by atoms with van der Waals surface area (Å²) >= 11 is 0. The predicted molar refractivity (Wildman–Crippen MR) is 91.9 cm³/mol. The average molecular weight is 355 g/mol. The van der Waals surface area contributed by atoms with E-state index in [-0.39, 0.29) is 29.7 Å². The molecule has 0 bridgehead atoms. The van der Waals surface area contributed by atoms with Gasteiger partial charge in [0.05, 0.1) is 11.3 Å².